The second kappa shape index (κ2) is 4.95. The third-order valence-corrected chi connectivity index (χ3v) is 5.14. The largest absolute Gasteiger partial charge is 0.454 e. The first-order valence-electron chi connectivity index (χ1n) is 7.61. The number of rotatable bonds is 1. The van der Waals surface area contributed by atoms with Gasteiger partial charge in [0.2, 0.25) is 0 Å². The molecule has 2 heterocycles. The lowest BCUT2D eigenvalue weighted by atomic mass is 10.2. The lowest BCUT2D eigenvalue weighted by Crippen LogP contribution is -1.96. The van der Waals surface area contributed by atoms with Crippen LogP contribution < -0.4 is 0 Å². The highest BCUT2D eigenvalue weighted by molar-refractivity contribution is 9.10. The van der Waals surface area contributed by atoms with E-state index in [1.807, 2.05) is 54.6 Å². The summed E-state index contributed by atoms with van der Waals surface area (Å²) in [5, 5.41) is 2.03. The number of halogens is 2. The molecule has 2 nitrogen and oxygen atoms in total. The first-order chi connectivity index (χ1) is 11.8. The van der Waals surface area contributed by atoms with Crippen LogP contribution in [0.2, 0.25) is 0 Å². The van der Waals surface area contributed by atoms with E-state index in [1.165, 1.54) is 6.07 Å². The average molecular weight is 380 g/mol. The van der Waals surface area contributed by atoms with E-state index in [4.69, 9.17) is 4.42 Å². The van der Waals surface area contributed by atoms with E-state index in [1.54, 1.807) is 6.07 Å². The fraction of sp³-hybridized carbons (Fsp3) is 0. The van der Waals surface area contributed by atoms with E-state index >= 15 is 0 Å². The van der Waals surface area contributed by atoms with Crippen LogP contribution in [0.4, 0.5) is 4.39 Å². The zero-order chi connectivity index (χ0) is 16.3. The Hall–Kier alpha value is -2.59. The predicted molar refractivity (Wildman–Crippen MR) is 98.2 cm³/mol. The quantitative estimate of drug-likeness (QED) is 0.328. The maximum absolute atomic E-state index is 14.1. The SMILES string of the molecule is Fc1cccc(-n2c3ccccc3c3oc4ccccc4c32)c1Br. The summed E-state index contributed by atoms with van der Waals surface area (Å²) in [6.07, 6.45) is 0. The van der Waals surface area contributed by atoms with Crippen molar-refractivity contribution in [1.29, 1.82) is 0 Å². The van der Waals surface area contributed by atoms with Crippen LogP contribution in [-0.2, 0) is 0 Å². The van der Waals surface area contributed by atoms with Gasteiger partial charge in [-0.3, -0.25) is 0 Å². The van der Waals surface area contributed by atoms with E-state index in [0.717, 1.165) is 38.7 Å². The Morgan fingerprint density at radius 2 is 1.58 bits per heavy atom. The van der Waals surface area contributed by atoms with Crippen molar-refractivity contribution < 1.29 is 8.81 Å². The summed E-state index contributed by atoms with van der Waals surface area (Å²) in [7, 11) is 0. The first kappa shape index (κ1) is 13.8. The van der Waals surface area contributed by atoms with Crippen LogP contribution in [0, 0.1) is 5.82 Å². The second-order valence-electron chi connectivity index (χ2n) is 5.70. The molecule has 2 aromatic heterocycles. The third kappa shape index (κ3) is 1.74. The molecular weight excluding hydrogens is 369 g/mol. The van der Waals surface area contributed by atoms with E-state index in [0.29, 0.717) is 4.47 Å². The van der Waals surface area contributed by atoms with Crippen LogP contribution in [0.15, 0.2) is 75.6 Å². The van der Waals surface area contributed by atoms with Crippen LogP contribution in [0.25, 0.3) is 38.7 Å². The lowest BCUT2D eigenvalue weighted by Gasteiger charge is -2.10. The molecule has 24 heavy (non-hydrogen) atoms. The Labute approximate surface area is 145 Å². The van der Waals surface area contributed by atoms with Gasteiger partial charge in [0, 0.05) is 10.8 Å². The summed E-state index contributed by atoms with van der Waals surface area (Å²) in [6.45, 7) is 0. The molecule has 0 bridgehead atoms. The predicted octanol–water partition coefficient (Wildman–Crippen LogP) is 6.43. The topological polar surface area (TPSA) is 18.1 Å². The minimum Gasteiger partial charge on any atom is -0.454 e. The van der Waals surface area contributed by atoms with Crippen LogP contribution >= 0.6 is 15.9 Å². The van der Waals surface area contributed by atoms with Gasteiger partial charge in [0.25, 0.3) is 0 Å². The van der Waals surface area contributed by atoms with Gasteiger partial charge in [-0.1, -0.05) is 30.3 Å². The molecule has 5 aromatic rings. The molecule has 116 valence electrons. The molecule has 0 saturated heterocycles. The molecule has 0 aliphatic carbocycles. The molecule has 0 unspecified atom stereocenters. The average Bonchev–Trinajstić information content (AvgIpc) is 3.13. The standard InChI is InChI=1S/C20H11BrFNO/c21-18-14(22)8-5-10-16(18)23-15-9-3-1-6-12(15)20-19(23)13-7-2-4-11-17(13)24-20/h1-11H. The van der Waals surface area contributed by atoms with Crippen molar-refractivity contribution in [2.24, 2.45) is 0 Å². The van der Waals surface area contributed by atoms with Crippen LogP contribution in [0.3, 0.4) is 0 Å². The summed E-state index contributed by atoms with van der Waals surface area (Å²) in [4.78, 5) is 0. The maximum atomic E-state index is 14.1. The van der Waals surface area contributed by atoms with Crippen molar-refractivity contribution in [3.05, 3.63) is 77.0 Å². The molecule has 5 rings (SSSR count). The number of benzene rings is 3. The van der Waals surface area contributed by atoms with Crippen molar-refractivity contribution in [3.8, 4) is 5.69 Å². The molecule has 0 spiro atoms. The number of para-hydroxylation sites is 2. The Kier molecular flexibility index (Phi) is 2.85. The summed E-state index contributed by atoms with van der Waals surface area (Å²) >= 11 is 3.40. The van der Waals surface area contributed by atoms with E-state index in [2.05, 4.69) is 20.5 Å². The Balaban J connectivity index is 2.07. The molecule has 0 atom stereocenters. The molecule has 0 radical (unpaired) electrons. The molecule has 4 heteroatoms. The van der Waals surface area contributed by atoms with E-state index in [-0.39, 0.29) is 5.82 Å². The number of aromatic nitrogens is 1. The molecule has 0 fully saturated rings. The van der Waals surface area contributed by atoms with Crippen LogP contribution in [-0.4, -0.2) is 4.57 Å². The highest BCUT2D eigenvalue weighted by atomic mass is 79.9. The number of furan rings is 1. The van der Waals surface area contributed by atoms with Gasteiger partial charge in [-0.2, -0.15) is 0 Å². The monoisotopic (exact) mass is 379 g/mol. The van der Waals surface area contributed by atoms with Crippen molar-refractivity contribution in [3.63, 3.8) is 0 Å². The van der Waals surface area contributed by atoms with Gasteiger partial charge in [0.15, 0.2) is 5.58 Å². The zero-order valence-corrected chi connectivity index (χ0v) is 14.0. The number of hydrogen-bond donors (Lipinski definition) is 0. The van der Waals surface area contributed by atoms with Gasteiger partial charge >= 0.3 is 0 Å². The molecule has 0 N–H and O–H groups in total. The van der Waals surface area contributed by atoms with E-state index < -0.39 is 0 Å². The smallest absolute Gasteiger partial charge is 0.161 e. The van der Waals surface area contributed by atoms with Crippen molar-refractivity contribution >= 4 is 48.9 Å². The molecular formula is C20H11BrFNO. The van der Waals surface area contributed by atoms with Gasteiger partial charge in [0.05, 0.1) is 15.7 Å². The van der Waals surface area contributed by atoms with Crippen LogP contribution in [0.1, 0.15) is 0 Å². The fourth-order valence-corrected chi connectivity index (χ4v) is 3.77. The minimum absolute atomic E-state index is 0.286. The van der Waals surface area contributed by atoms with Crippen LogP contribution in [0.5, 0.6) is 0 Å². The number of hydrogen-bond acceptors (Lipinski definition) is 1. The fourth-order valence-electron chi connectivity index (χ4n) is 3.33. The number of fused-ring (bicyclic) bond motifs is 5. The van der Waals surface area contributed by atoms with Gasteiger partial charge in [-0.25, -0.2) is 4.39 Å². The van der Waals surface area contributed by atoms with Gasteiger partial charge in [0.1, 0.15) is 16.9 Å². The minimum atomic E-state index is -0.286. The highest BCUT2D eigenvalue weighted by Crippen LogP contribution is 2.40. The maximum Gasteiger partial charge on any atom is 0.161 e. The van der Waals surface area contributed by atoms with Gasteiger partial charge in [-0.15, -0.1) is 0 Å². The van der Waals surface area contributed by atoms with Crippen molar-refractivity contribution in [2.75, 3.05) is 0 Å². The summed E-state index contributed by atoms with van der Waals surface area (Å²) in [5.41, 5.74) is 4.35. The van der Waals surface area contributed by atoms with Gasteiger partial charge in [-0.05, 0) is 52.3 Å². The second-order valence-corrected chi connectivity index (χ2v) is 6.49. The Morgan fingerprint density at radius 1 is 0.833 bits per heavy atom. The first-order valence-corrected chi connectivity index (χ1v) is 8.40. The Morgan fingerprint density at radius 3 is 2.46 bits per heavy atom. The number of nitrogens with zero attached hydrogens (tertiary/aromatic N) is 1. The molecule has 0 amide bonds. The lowest BCUT2D eigenvalue weighted by molar-refractivity contribution is 0.620. The Bertz CT molecular complexity index is 1230. The normalized spacial score (nSPS) is 11.8. The molecule has 0 saturated carbocycles. The zero-order valence-electron chi connectivity index (χ0n) is 12.5. The highest BCUT2D eigenvalue weighted by Gasteiger charge is 2.20. The molecule has 3 aromatic carbocycles. The van der Waals surface area contributed by atoms with Gasteiger partial charge < -0.3 is 8.98 Å². The van der Waals surface area contributed by atoms with E-state index in [9.17, 15) is 4.39 Å². The summed E-state index contributed by atoms with van der Waals surface area (Å²) in [5.74, 6) is -0.286. The summed E-state index contributed by atoms with van der Waals surface area (Å²) < 4.78 is 22.7. The van der Waals surface area contributed by atoms with Crippen molar-refractivity contribution in [1.82, 2.24) is 4.57 Å². The summed E-state index contributed by atoms with van der Waals surface area (Å²) in [6, 6.07) is 21.0. The van der Waals surface area contributed by atoms with Crippen molar-refractivity contribution in [2.45, 2.75) is 0 Å². The molecule has 0 aliphatic heterocycles. The molecule has 0 aliphatic rings. The third-order valence-electron chi connectivity index (χ3n) is 4.35.